The van der Waals surface area contributed by atoms with Gasteiger partial charge >= 0.3 is 22.7 Å². The van der Waals surface area contributed by atoms with E-state index >= 15 is 0 Å². The predicted molar refractivity (Wildman–Crippen MR) is 75.4 cm³/mol. The molecule has 0 fully saturated rings. The van der Waals surface area contributed by atoms with Crippen LogP contribution in [-0.4, -0.2) is 29.9 Å². The Balaban J connectivity index is 0.000000222. The Morgan fingerprint density at radius 3 is 1.54 bits per heavy atom. The quantitative estimate of drug-likeness (QED) is 0.176. The average molecular weight is 375 g/mol. The monoisotopic (exact) mass is 374 g/mol. The number of aromatic nitrogens is 8. The zero-order valence-corrected chi connectivity index (χ0v) is 13.3. The molecule has 4 rings (SSSR count). The number of nitrogen functional groups attached to an aromatic ring is 2. The van der Waals surface area contributed by atoms with Crippen LogP contribution < -0.4 is 57.6 Å². The normalized spacial score (nSPS) is 9.67. The largest absolute Gasteiger partial charge is 1.00 e. The summed E-state index contributed by atoms with van der Waals surface area (Å²) in [6.07, 6.45) is 3.11. The zero-order valence-electron chi connectivity index (χ0n) is 11.8. The molecule has 0 bridgehead atoms. The Labute approximate surface area is 144 Å². The summed E-state index contributed by atoms with van der Waals surface area (Å²) in [5, 5.41) is 0. The Hall–Kier alpha value is -3.12. The molecule has 0 aliphatic carbocycles. The van der Waals surface area contributed by atoms with Gasteiger partial charge < -0.3 is 36.3 Å². The van der Waals surface area contributed by atoms with Gasteiger partial charge in [0.15, 0.2) is 24.3 Å². The zero-order chi connectivity index (χ0) is 15.7. The molecule has 0 saturated heterocycles. The summed E-state index contributed by atoms with van der Waals surface area (Å²) in [7, 11) is 0. The highest BCUT2D eigenvalue weighted by Gasteiger charge is 2.09. The van der Waals surface area contributed by atoms with E-state index in [4.69, 9.17) is 11.5 Å². The maximum atomic E-state index is 10.7. The topological polar surface area (TPSA) is 203 Å². The van der Waals surface area contributed by atoms with Gasteiger partial charge in [-0.3, -0.25) is 19.9 Å². The Morgan fingerprint density at radius 1 is 0.792 bits per heavy atom. The van der Waals surface area contributed by atoms with Gasteiger partial charge in [0.05, 0.1) is 0 Å². The van der Waals surface area contributed by atoms with Crippen molar-refractivity contribution in [1.82, 2.24) is 29.9 Å². The fourth-order valence-corrected chi connectivity index (χ4v) is 1.84. The first kappa shape index (κ1) is 18.9. The Morgan fingerprint density at radius 2 is 1.17 bits per heavy atom. The molecule has 0 spiro atoms. The van der Waals surface area contributed by atoms with Crippen LogP contribution in [0.3, 0.4) is 0 Å². The number of aromatic amines is 6. The second kappa shape index (κ2) is 7.43. The van der Waals surface area contributed by atoms with Gasteiger partial charge in [-0.2, -0.15) is 0 Å². The number of hydrogen-bond acceptors (Lipinski definition) is 6. The minimum atomic E-state index is -0.453. The fourth-order valence-electron chi connectivity index (χ4n) is 1.84. The van der Waals surface area contributed by atoms with E-state index in [-0.39, 0.29) is 24.8 Å². The lowest BCUT2D eigenvalue weighted by atomic mass is 10.5. The maximum Gasteiger partial charge on any atom is 0.419 e. The van der Waals surface area contributed by atoms with Gasteiger partial charge in [-0.1, -0.05) is 0 Å². The van der Waals surface area contributed by atoms with Gasteiger partial charge in [0, 0.05) is 0 Å². The number of hydrogen-bond donors (Lipinski definition) is 6. The minimum Gasteiger partial charge on any atom is -1.00 e. The molecule has 12 nitrogen and oxygen atoms in total. The number of imidazole rings is 2. The molecular weight excluding hydrogens is 363 g/mol. The summed E-state index contributed by atoms with van der Waals surface area (Å²) >= 11 is 0. The number of H-pyrrole nitrogens is 6. The lowest BCUT2D eigenvalue weighted by molar-refractivity contribution is -0.347. The molecule has 4 heterocycles. The number of nitrogens with zero attached hydrogens (tertiary/aromatic N) is 2. The summed E-state index contributed by atoms with van der Waals surface area (Å²) < 4.78 is 0. The molecule has 0 saturated carbocycles. The lowest BCUT2D eigenvalue weighted by Gasteiger charge is -1.85. The van der Waals surface area contributed by atoms with E-state index < -0.39 is 11.4 Å². The molecule has 14 heteroatoms. The van der Waals surface area contributed by atoms with Crippen molar-refractivity contribution in [2.45, 2.75) is 0 Å². The smallest absolute Gasteiger partial charge is 0.419 e. The Kier molecular flexibility index (Phi) is 5.86. The lowest BCUT2D eigenvalue weighted by Crippen LogP contribution is -3.00. The summed E-state index contributed by atoms with van der Waals surface area (Å²) in [5.74, 6) is 0.586. The first-order valence-corrected chi connectivity index (χ1v) is 6.03. The number of rotatable bonds is 0. The molecule has 4 aromatic rings. The van der Waals surface area contributed by atoms with Crippen molar-refractivity contribution in [3.63, 3.8) is 0 Å². The molecule has 4 aromatic heterocycles. The number of nitrogens with one attached hydrogen (secondary N) is 6. The molecule has 0 aliphatic rings. The predicted octanol–water partition coefficient (Wildman–Crippen LogP) is -8.70. The van der Waals surface area contributed by atoms with E-state index in [1.54, 1.807) is 12.7 Å². The van der Waals surface area contributed by atoms with Crippen LogP contribution in [0.25, 0.3) is 22.3 Å². The molecule has 10 N–H and O–H groups in total. The van der Waals surface area contributed by atoms with Crippen molar-refractivity contribution in [2.24, 2.45) is 0 Å². The molecule has 0 radical (unpaired) electrons. The second-order valence-corrected chi connectivity index (χ2v) is 4.22. The number of anilines is 2. The van der Waals surface area contributed by atoms with Crippen LogP contribution in [0.5, 0.6) is 0 Å². The van der Waals surface area contributed by atoms with Crippen molar-refractivity contribution >= 4 is 34.0 Å². The van der Waals surface area contributed by atoms with E-state index in [0.717, 1.165) is 0 Å². The SMILES string of the molecule is Nc1[nH]c(=O)nc2[nH+]c[nH]c12.Nc1[nH]c(=O)nc2[nH+]c[nH]c12.[Cl-].[Cl-]. The minimum absolute atomic E-state index is 0. The van der Waals surface area contributed by atoms with Gasteiger partial charge in [-0.25, -0.2) is 19.6 Å². The molecular formula is C10H12Cl2N10O2. The van der Waals surface area contributed by atoms with Gasteiger partial charge in [0.1, 0.15) is 0 Å². The molecule has 0 aliphatic heterocycles. The van der Waals surface area contributed by atoms with Crippen LogP contribution in [-0.2, 0) is 0 Å². The van der Waals surface area contributed by atoms with E-state index in [1.165, 1.54) is 0 Å². The van der Waals surface area contributed by atoms with Crippen LogP contribution >= 0.6 is 0 Å². The first-order valence-electron chi connectivity index (χ1n) is 6.03. The fraction of sp³-hybridized carbons (Fsp3) is 0. The van der Waals surface area contributed by atoms with E-state index in [9.17, 15) is 9.59 Å². The number of fused-ring (bicyclic) bond motifs is 2. The highest BCUT2D eigenvalue weighted by Crippen LogP contribution is 2.05. The second-order valence-electron chi connectivity index (χ2n) is 4.22. The first-order chi connectivity index (χ1) is 10.5. The van der Waals surface area contributed by atoms with Crippen molar-refractivity contribution < 1.29 is 34.8 Å². The van der Waals surface area contributed by atoms with Crippen molar-refractivity contribution in [1.29, 1.82) is 0 Å². The van der Waals surface area contributed by atoms with Gasteiger partial charge in [0.25, 0.3) is 0 Å². The van der Waals surface area contributed by atoms with Gasteiger partial charge in [-0.15, -0.1) is 0 Å². The van der Waals surface area contributed by atoms with Crippen LogP contribution in [0.15, 0.2) is 22.2 Å². The third-order valence-corrected chi connectivity index (χ3v) is 2.77. The molecule has 24 heavy (non-hydrogen) atoms. The molecule has 128 valence electrons. The Bertz CT molecular complexity index is 979. The summed E-state index contributed by atoms with van der Waals surface area (Å²) in [6, 6.07) is 0. The van der Waals surface area contributed by atoms with Crippen LogP contribution in [0, 0.1) is 0 Å². The van der Waals surface area contributed by atoms with Gasteiger partial charge in [0.2, 0.25) is 11.0 Å². The number of nitrogens with two attached hydrogens (primary N) is 2. The van der Waals surface area contributed by atoms with E-state index in [0.29, 0.717) is 34.0 Å². The summed E-state index contributed by atoms with van der Waals surface area (Å²) in [5.41, 5.74) is 12.2. The molecule has 0 atom stereocenters. The molecule has 0 aromatic carbocycles. The van der Waals surface area contributed by atoms with E-state index in [1.807, 2.05) is 0 Å². The summed E-state index contributed by atoms with van der Waals surface area (Å²) in [4.78, 5) is 44.5. The van der Waals surface area contributed by atoms with Crippen molar-refractivity contribution in [3.05, 3.63) is 33.6 Å². The molecule has 0 amide bonds. The third kappa shape index (κ3) is 3.61. The van der Waals surface area contributed by atoms with Crippen molar-refractivity contribution in [3.8, 4) is 0 Å². The highest BCUT2D eigenvalue weighted by atomic mass is 35.5. The highest BCUT2D eigenvalue weighted by molar-refractivity contribution is 5.78. The maximum absolute atomic E-state index is 10.7. The van der Waals surface area contributed by atoms with Crippen LogP contribution in [0.1, 0.15) is 0 Å². The van der Waals surface area contributed by atoms with Crippen molar-refractivity contribution in [2.75, 3.05) is 11.5 Å². The van der Waals surface area contributed by atoms with Crippen LogP contribution in [0.4, 0.5) is 11.6 Å². The van der Waals surface area contributed by atoms with Crippen LogP contribution in [0.2, 0.25) is 0 Å². The average Bonchev–Trinajstić information content (AvgIpc) is 3.07. The van der Waals surface area contributed by atoms with Gasteiger partial charge in [-0.05, 0) is 9.97 Å². The molecule has 0 unspecified atom stereocenters. The summed E-state index contributed by atoms with van der Waals surface area (Å²) in [6.45, 7) is 0. The van der Waals surface area contributed by atoms with E-state index in [2.05, 4.69) is 39.9 Å². The standard InChI is InChI=1S/2C5H5N5O.2ClH/c2*6-3-2-4(8-1-7-2)10-5(11)9-3;;/h2*1H,(H4,6,7,8,9,10,11);2*1H. The third-order valence-electron chi connectivity index (χ3n) is 2.77. The number of halogens is 2.